The predicted molar refractivity (Wildman–Crippen MR) is 68.6 cm³/mol. The van der Waals surface area contributed by atoms with Crippen LogP contribution in [0.1, 0.15) is 27.7 Å². The van der Waals surface area contributed by atoms with Crippen molar-refractivity contribution in [2.75, 3.05) is 0 Å². The highest BCUT2D eigenvalue weighted by molar-refractivity contribution is 6.61. The molecule has 1 aliphatic rings. The standard InChI is InChI=1S/C12H17BN2O3/c1-8(2)16-11-7-14-10(6-15-11)13-17-9(3)12(4,5)18-13/h6-8H,3H2,1-2,4-5H3. The molecule has 2 rings (SSSR count). The third-order valence-corrected chi connectivity index (χ3v) is 2.57. The van der Waals surface area contributed by atoms with Gasteiger partial charge >= 0.3 is 7.12 Å². The van der Waals surface area contributed by atoms with E-state index in [0.717, 1.165) is 0 Å². The fourth-order valence-electron chi connectivity index (χ4n) is 1.50. The molecule has 18 heavy (non-hydrogen) atoms. The molecule has 0 aromatic carbocycles. The number of nitrogens with zero attached hydrogens (tertiary/aromatic N) is 2. The average Bonchev–Trinajstić information content (AvgIpc) is 2.54. The van der Waals surface area contributed by atoms with Crippen molar-refractivity contribution in [1.29, 1.82) is 0 Å². The third-order valence-electron chi connectivity index (χ3n) is 2.57. The molecule has 0 spiro atoms. The van der Waals surface area contributed by atoms with Gasteiger partial charge in [-0.25, -0.2) is 4.98 Å². The van der Waals surface area contributed by atoms with E-state index in [0.29, 0.717) is 17.2 Å². The summed E-state index contributed by atoms with van der Waals surface area (Å²) in [5.41, 5.74) is 0.109. The zero-order chi connectivity index (χ0) is 13.3. The highest BCUT2D eigenvalue weighted by Crippen LogP contribution is 2.28. The third kappa shape index (κ3) is 2.64. The van der Waals surface area contributed by atoms with Gasteiger partial charge in [-0.1, -0.05) is 6.58 Å². The quantitative estimate of drug-likeness (QED) is 0.754. The molecule has 1 fully saturated rings. The van der Waals surface area contributed by atoms with Gasteiger partial charge in [-0.2, -0.15) is 0 Å². The van der Waals surface area contributed by atoms with Crippen LogP contribution in [-0.4, -0.2) is 28.8 Å². The lowest BCUT2D eigenvalue weighted by Crippen LogP contribution is -2.36. The Labute approximate surface area is 107 Å². The summed E-state index contributed by atoms with van der Waals surface area (Å²) >= 11 is 0. The highest BCUT2D eigenvalue weighted by atomic mass is 16.7. The zero-order valence-corrected chi connectivity index (χ0v) is 11.1. The molecule has 1 aromatic rings. The second-order valence-electron chi connectivity index (χ2n) is 4.95. The van der Waals surface area contributed by atoms with Crippen molar-refractivity contribution in [3.8, 4) is 5.88 Å². The maximum absolute atomic E-state index is 5.70. The lowest BCUT2D eigenvalue weighted by Gasteiger charge is -2.15. The van der Waals surface area contributed by atoms with E-state index in [2.05, 4.69) is 16.5 Å². The molecular formula is C12H17BN2O3. The van der Waals surface area contributed by atoms with Gasteiger partial charge in [0.2, 0.25) is 5.88 Å². The van der Waals surface area contributed by atoms with Crippen molar-refractivity contribution in [2.45, 2.75) is 39.4 Å². The lowest BCUT2D eigenvalue weighted by atomic mass is 9.85. The van der Waals surface area contributed by atoms with Crippen LogP contribution in [0.2, 0.25) is 0 Å². The summed E-state index contributed by atoms with van der Waals surface area (Å²) in [5.74, 6) is 1.08. The molecule has 6 heteroatoms. The monoisotopic (exact) mass is 248 g/mol. The minimum atomic E-state index is -0.548. The molecule has 0 amide bonds. The maximum atomic E-state index is 5.70. The molecule has 1 saturated heterocycles. The molecule has 0 N–H and O–H groups in total. The van der Waals surface area contributed by atoms with E-state index in [-0.39, 0.29) is 6.10 Å². The Morgan fingerprint density at radius 2 is 2.06 bits per heavy atom. The van der Waals surface area contributed by atoms with Gasteiger partial charge in [0.05, 0.1) is 24.3 Å². The first-order valence-corrected chi connectivity index (χ1v) is 5.91. The van der Waals surface area contributed by atoms with Crippen LogP contribution in [0, 0.1) is 0 Å². The van der Waals surface area contributed by atoms with E-state index < -0.39 is 12.7 Å². The molecule has 0 atom stereocenters. The van der Waals surface area contributed by atoms with Crippen LogP contribution < -0.4 is 10.3 Å². The maximum Gasteiger partial charge on any atom is 0.584 e. The Morgan fingerprint density at radius 1 is 1.33 bits per heavy atom. The number of hydrogen-bond donors (Lipinski definition) is 0. The van der Waals surface area contributed by atoms with Crippen molar-refractivity contribution in [3.05, 3.63) is 24.7 Å². The molecule has 0 radical (unpaired) electrons. The van der Waals surface area contributed by atoms with Crippen molar-refractivity contribution in [3.63, 3.8) is 0 Å². The first-order chi connectivity index (χ1) is 8.38. The van der Waals surface area contributed by atoms with Gasteiger partial charge < -0.3 is 14.0 Å². The molecule has 0 saturated carbocycles. The molecule has 1 aromatic heterocycles. The Bertz CT molecular complexity index is 445. The SMILES string of the molecule is C=C1OB(c2cnc(OC(C)C)cn2)OC1(C)C. The second-order valence-corrected chi connectivity index (χ2v) is 4.95. The molecule has 96 valence electrons. The highest BCUT2D eigenvalue weighted by Gasteiger charge is 2.43. The zero-order valence-electron chi connectivity index (χ0n) is 11.1. The van der Waals surface area contributed by atoms with Crippen LogP contribution >= 0.6 is 0 Å². The van der Waals surface area contributed by atoms with Crippen molar-refractivity contribution in [2.24, 2.45) is 0 Å². The summed E-state index contributed by atoms with van der Waals surface area (Å²) in [7, 11) is -0.548. The number of aromatic nitrogens is 2. The van der Waals surface area contributed by atoms with Gasteiger partial charge in [0.1, 0.15) is 11.2 Å². The Kier molecular flexibility index (Phi) is 3.30. The van der Waals surface area contributed by atoms with Crippen LogP contribution in [0.5, 0.6) is 5.88 Å². The predicted octanol–water partition coefficient (Wildman–Crippen LogP) is 1.30. The van der Waals surface area contributed by atoms with Crippen LogP contribution in [0.4, 0.5) is 0 Å². The van der Waals surface area contributed by atoms with Crippen molar-refractivity contribution >= 4 is 12.7 Å². The minimum absolute atomic E-state index is 0.0721. The van der Waals surface area contributed by atoms with Crippen LogP contribution in [0.15, 0.2) is 24.7 Å². The summed E-state index contributed by atoms with van der Waals surface area (Å²) in [6, 6.07) is 0. The van der Waals surface area contributed by atoms with E-state index >= 15 is 0 Å². The van der Waals surface area contributed by atoms with Crippen LogP contribution in [0.3, 0.4) is 0 Å². The number of rotatable bonds is 3. The minimum Gasteiger partial charge on any atom is -0.533 e. The van der Waals surface area contributed by atoms with E-state index in [9.17, 15) is 0 Å². The van der Waals surface area contributed by atoms with Gasteiger partial charge in [0.15, 0.2) is 0 Å². The number of hydrogen-bond acceptors (Lipinski definition) is 5. The summed E-state index contributed by atoms with van der Waals surface area (Å²) in [6.45, 7) is 11.5. The summed E-state index contributed by atoms with van der Waals surface area (Å²) in [6.07, 6.45) is 3.23. The van der Waals surface area contributed by atoms with Gasteiger partial charge in [-0.05, 0) is 27.7 Å². The second kappa shape index (κ2) is 4.61. The van der Waals surface area contributed by atoms with Crippen LogP contribution in [-0.2, 0) is 9.31 Å². The van der Waals surface area contributed by atoms with Gasteiger partial charge in [0.25, 0.3) is 0 Å². The lowest BCUT2D eigenvalue weighted by molar-refractivity contribution is 0.173. The molecule has 0 bridgehead atoms. The Hall–Kier alpha value is -1.56. The summed E-state index contributed by atoms with van der Waals surface area (Å²) < 4.78 is 16.6. The molecule has 2 heterocycles. The molecule has 1 aliphatic heterocycles. The Balaban J connectivity index is 2.09. The fraction of sp³-hybridized carbons (Fsp3) is 0.500. The van der Waals surface area contributed by atoms with E-state index in [1.807, 2.05) is 27.7 Å². The first kappa shape index (κ1) is 12.9. The largest absolute Gasteiger partial charge is 0.584 e. The fourth-order valence-corrected chi connectivity index (χ4v) is 1.50. The normalized spacial score (nSPS) is 18.1. The average molecular weight is 248 g/mol. The molecular weight excluding hydrogens is 231 g/mol. The molecule has 0 unspecified atom stereocenters. The molecule has 5 nitrogen and oxygen atoms in total. The summed E-state index contributed by atoms with van der Waals surface area (Å²) in [4.78, 5) is 8.40. The van der Waals surface area contributed by atoms with Gasteiger partial charge in [-0.15, -0.1) is 0 Å². The van der Waals surface area contributed by atoms with Gasteiger partial charge in [-0.3, -0.25) is 4.98 Å². The topological polar surface area (TPSA) is 53.5 Å². The van der Waals surface area contributed by atoms with E-state index in [4.69, 9.17) is 14.0 Å². The van der Waals surface area contributed by atoms with Crippen molar-refractivity contribution < 1.29 is 14.0 Å². The van der Waals surface area contributed by atoms with Crippen LogP contribution in [0.25, 0.3) is 0 Å². The van der Waals surface area contributed by atoms with E-state index in [1.54, 1.807) is 12.4 Å². The van der Waals surface area contributed by atoms with Crippen molar-refractivity contribution in [1.82, 2.24) is 9.97 Å². The molecule has 0 aliphatic carbocycles. The number of ether oxygens (including phenoxy) is 1. The Morgan fingerprint density at radius 3 is 2.50 bits per heavy atom. The smallest absolute Gasteiger partial charge is 0.533 e. The summed E-state index contributed by atoms with van der Waals surface area (Å²) in [5, 5.41) is 0. The van der Waals surface area contributed by atoms with Gasteiger partial charge in [0, 0.05) is 0 Å². The van der Waals surface area contributed by atoms with E-state index in [1.165, 1.54) is 0 Å². The first-order valence-electron chi connectivity index (χ1n) is 5.91.